The van der Waals surface area contributed by atoms with Crippen molar-refractivity contribution < 1.29 is 18.6 Å². The molecule has 0 radical (unpaired) electrons. The van der Waals surface area contributed by atoms with Gasteiger partial charge in [-0.1, -0.05) is 12.1 Å². The average Bonchev–Trinajstić information content (AvgIpc) is 3.24. The number of hydrogen-bond acceptors (Lipinski definition) is 5. The molecule has 2 N–H and O–H groups in total. The van der Waals surface area contributed by atoms with Crippen LogP contribution in [0, 0.1) is 5.82 Å². The van der Waals surface area contributed by atoms with Gasteiger partial charge in [0.2, 0.25) is 6.79 Å². The minimum atomic E-state index is -0.220. The van der Waals surface area contributed by atoms with E-state index in [2.05, 4.69) is 15.6 Å². The Morgan fingerprint density at radius 1 is 1.03 bits per heavy atom. The van der Waals surface area contributed by atoms with E-state index in [4.69, 9.17) is 14.2 Å². The number of benzene rings is 2. The minimum absolute atomic E-state index is 0.220. The van der Waals surface area contributed by atoms with Crippen LogP contribution in [-0.2, 0) is 17.8 Å². The highest BCUT2D eigenvalue weighted by Crippen LogP contribution is 2.32. The third-order valence-electron chi connectivity index (χ3n) is 5.02. The van der Waals surface area contributed by atoms with Gasteiger partial charge in [-0.05, 0) is 42.3 Å². The lowest BCUT2D eigenvalue weighted by atomic mass is 10.1. The van der Waals surface area contributed by atoms with Crippen LogP contribution in [0.2, 0.25) is 0 Å². The first-order valence-electron chi connectivity index (χ1n) is 10.2. The molecule has 0 spiro atoms. The summed E-state index contributed by atoms with van der Waals surface area (Å²) in [6, 6.07) is 11.2. The van der Waals surface area contributed by atoms with Crippen molar-refractivity contribution >= 4 is 11.6 Å². The van der Waals surface area contributed by atoms with Crippen LogP contribution in [0.5, 0.6) is 11.5 Å². The Kier molecular flexibility index (Phi) is 6.53. The number of nitrogens with one attached hydrogen (secondary N) is 2. The third kappa shape index (κ3) is 4.94. The molecule has 4 rings (SSSR count). The highest BCUT2D eigenvalue weighted by atomic mass is 19.1. The number of fused-ring (bicyclic) bond motifs is 1. The summed E-state index contributed by atoms with van der Waals surface area (Å²) in [6.07, 6.45) is 0. The molecule has 7 nitrogen and oxygen atoms in total. The van der Waals surface area contributed by atoms with Crippen LogP contribution in [0.4, 0.5) is 10.1 Å². The summed E-state index contributed by atoms with van der Waals surface area (Å²) in [6.45, 7) is 6.66. The van der Waals surface area contributed by atoms with Crippen LogP contribution in [0.1, 0.15) is 18.1 Å². The number of nitrogens with zero attached hydrogens (tertiary/aromatic N) is 2. The molecule has 0 saturated carbocycles. The number of rotatable bonds is 6. The number of halogens is 1. The van der Waals surface area contributed by atoms with E-state index in [0.29, 0.717) is 51.0 Å². The van der Waals surface area contributed by atoms with Crippen LogP contribution in [0.25, 0.3) is 0 Å². The molecule has 30 heavy (non-hydrogen) atoms. The van der Waals surface area contributed by atoms with Crippen molar-refractivity contribution in [2.24, 2.45) is 4.99 Å². The maximum atomic E-state index is 14.6. The van der Waals surface area contributed by atoms with E-state index in [1.54, 1.807) is 6.07 Å². The number of hydrogen-bond donors (Lipinski definition) is 2. The third-order valence-corrected chi connectivity index (χ3v) is 5.02. The maximum absolute atomic E-state index is 14.6. The van der Waals surface area contributed by atoms with E-state index in [9.17, 15) is 4.39 Å². The molecule has 2 heterocycles. The molecule has 0 unspecified atom stereocenters. The Balaban J connectivity index is 1.38. The first-order chi connectivity index (χ1) is 14.7. The van der Waals surface area contributed by atoms with E-state index < -0.39 is 0 Å². The lowest BCUT2D eigenvalue weighted by molar-refractivity contribution is 0.122. The SMILES string of the molecule is CCNC(=NCc1ccc(N2CCOCC2)c(F)c1)NCc1ccc2c(c1)OCO2. The standard InChI is InChI=1S/C22H27FN4O3/c1-2-24-22(26-14-17-4-6-20-21(12-17)30-15-29-20)25-13-16-3-5-19(18(23)11-16)27-7-9-28-10-8-27/h3-6,11-12H,2,7-10,13-15H2,1H3,(H2,24,25,26). The summed E-state index contributed by atoms with van der Waals surface area (Å²) < 4.78 is 30.7. The first kappa shape index (κ1) is 20.3. The number of ether oxygens (including phenoxy) is 3. The molecule has 0 aromatic heterocycles. The van der Waals surface area contributed by atoms with E-state index in [0.717, 1.165) is 29.2 Å². The topological polar surface area (TPSA) is 67.4 Å². The Hall–Kier alpha value is -3.00. The highest BCUT2D eigenvalue weighted by molar-refractivity contribution is 5.79. The predicted molar refractivity (Wildman–Crippen MR) is 114 cm³/mol. The maximum Gasteiger partial charge on any atom is 0.231 e. The second-order valence-electron chi connectivity index (χ2n) is 7.12. The van der Waals surface area contributed by atoms with Crippen molar-refractivity contribution in [2.45, 2.75) is 20.0 Å². The predicted octanol–water partition coefficient (Wildman–Crippen LogP) is 2.65. The zero-order valence-electron chi connectivity index (χ0n) is 17.1. The lowest BCUT2D eigenvalue weighted by Gasteiger charge is -2.29. The number of aliphatic imine (C=N–C) groups is 1. The number of anilines is 1. The summed E-state index contributed by atoms with van der Waals surface area (Å²) >= 11 is 0. The van der Waals surface area contributed by atoms with Crippen molar-refractivity contribution in [1.82, 2.24) is 10.6 Å². The zero-order valence-corrected chi connectivity index (χ0v) is 17.1. The zero-order chi connectivity index (χ0) is 20.8. The summed E-state index contributed by atoms with van der Waals surface area (Å²) in [5.74, 6) is 1.98. The van der Waals surface area contributed by atoms with Gasteiger partial charge in [0.05, 0.1) is 25.4 Å². The van der Waals surface area contributed by atoms with E-state index in [1.165, 1.54) is 0 Å². The molecule has 1 fully saturated rings. The Labute approximate surface area is 175 Å². The second kappa shape index (κ2) is 9.67. The molecule has 2 aliphatic rings. The lowest BCUT2D eigenvalue weighted by Crippen LogP contribution is -2.37. The Morgan fingerprint density at radius 3 is 2.63 bits per heavy atom. The molecule has 0 bridgehead atoms. The molecule has 0 amide bonds. The van der Waals surface area contributed by atoms with E-state index >= 15 is 0 Å². The summed E-state index contributed by atoms with van der Waals surface area (Å²) in [5.41, 5.74) is 2.51. The molecule has 2 aliphatic heterocycles. The number of morpholine rings is 1. The van der Waals surface area contributed by atoms with Crippen molar-refractivity contribution in [1.29, 1.82) is 0 Å². The van der Waals surface area contributed by atoms with Gasteiger partial charge in [0, 0.05) is 26.2 Å². The summed E-state index contributed by atoms with van der Waals surface area (Å²) in [4.78, 5) is 6.61. The fourth-order valence-corrected chi connectivity index (χ4v) is 3.46. The monoisotopic (exact) mass is 414 g/mol. The fraction of sp³-hybridized carbons (Fsp3) is 0.409. The quantitative estimate of drug-likeness (QED) is 0.560. The van der Waals surface area contributed by atoms with Crippen LogP contribution < -0.4 is 25.0 Å². The van der Waals surface area contributed by atoms with Crippen LogP contribution in [0.15, 0.2) is 41.4 Å². The molecule has 2 aromatic rings. The first-order valence-corrected chi connectivity index (χ1v) is 10.2. The molecule has 1 saturated heterocycles. The molecule has 160 valence electrons. The van der Waals surface area contributed by atoms with E-state index in [-0.39, 0.29) is 12.6 Å². The molecule has 2 aromatic carbocycles. The van der Waals surface area contributed by atoms with Gasteiger partial charge in [-0.25, -0.2) is 9.38 Å². The number of guanidine groups is 1. The van der Waals surface area contributed by atoms with Crippen molar-refractivity contribution in [3.8, 4) is 11.5 Å². The van der Waals surface area contributed by atoms with Gasteiger partial charge in [-0.2, -0.15) is 0 Å². The molecular formula is C22H27FN4O3. The summed E-state index contributed by atoms with van der Waals surface area (Å²) in [7, 11) is 0. The molecule has 8 heteroatoms. The average molecular weight is 414 g/mol. The Bertz CT molecular complexity index is 900. The van der Waals surface area contributed by atoms with Gasteiger partial charge in [-0.3, -0.25) is 0 Å². The smallest absolute Gasteiger partial charge is 0.231 e. The van der Waals surface area contributed by atoms with Gasteiger partial charge < -0.3 is 29.7 Å². The minimum Gasteiger partial charge on any atom is -0.454 e. The second-order valence-corrected chi connectivity index (χ2v) is 7.12. The van der Waals surface area contributed by atoms with Crippen molar-refractivity contribution in [2.75, 3.05) is 44.5 Å². The van der Waals surface area contributed by atoms with Crippen LogP contribution >= 0.6 is 0 Å². The molecule has 0 aliphatic carbocycles. The summed E-state index contributed by atoms with van der Waals surface area (Å²) in [5, 5.41) is 6.52. The van der Waals surface area contributed by atoms with Crippen LogP contribution in [-0.4, -0.2) is 45.6 Å². The fourth-order valence-electron chi connectivity index (χ4n) is 3.46. The van der Waals surface area contributed by atoms with Gasteiger partial charge in [0.15, 0.2) is 17.5 Å². The molecular weight excluding hydrogens is 387 g/mol. The van der Waals surface area contributed by atoms with Gasteiger partial charge in [-0.15, -0.1) is 0 Å². The van der Waals surface area contributed by atoms with Crippen molar-refractivity contribution in [3.63, 3.8) is 0 Å². The van der Waals surface area contributed by atoms with E-state index in [1.807, 2.05) is 42.2 Å². The van der Waals surface area contributed by atoms with Gasteiger partial charge >= 0.3 is 0 Å². The van der Waals surface area contributed by atoms with Gasteiger partial charge in [0.1, 0.15) is 5.82 Å². The largest absolute Gasteiger partial charge is 0.454 e. The van der Waals surface area contributed by atoms with Crippen LogP contribution in [0.3, 0.4) is 0 Å². The molecule has 0 atom stereocenters. The van der Waals surface area contributed by atoms with Gasteiger partial charge in [0.25, 0.3) is 0 Å². The van der Waals surface area contributed by atoms with Crippen molar-refractivity contribution in [3.05, 3.63) is 53.3 Å². The Morgan fingerprint density at radius 2 is 1.83 bits per heavy atom. The normalized spacial score (nSPS) is 15.9. The highest BCUT2D eigenvalue weighted by Gasteiger charge is 2.15.